The highest BCUT2D eigenvalue weighted by atomic mass is 16.5. The van der Waals surface area contributed by atoms with E-state index in [1.165, 1.54) is 5.56 Å². The molecule has 3 aromatic rings. The molecule has 2 saturated heterocycles. The van der Waals surface area contributed by atoms with Crippen LogP contribution in [-0.4, -0.2) is 59.2 Å². The average Bonchev–Trinajstić information content (AvgIpc) is 3.64. The molecule has 2 aliphatic rings. The van der Waals surface area contributed by atoms with E-state index in [0.717, 1.165) is 44.4 Å². The molecular weight excluding hydrogens is 506 g/mol. The van der Waals surface area contributed by atoms with Gasteiger partial charge in [0, 0.05) is 25.3 Å². The fourth-order valence-electron chi connectivity index (χ4n) is 5.29. The normalized spacial score (nSPS) is 19.9. The number of hydrogen-bond donors (Lipinski definition) is 2. The minimum absolute atomic E-state index is 0.0582. The van der Waals surface area contributed by atoms with Gasteiger partial charge in [-0.2, -0.15) is 4.98 Å². The summed E-state index contributed by atoms with van der Waals surface area (Å²) in [6, 6.07) is 15.4. The second kappa shape index (κ2) is 12.3. The van der Waals surface area contributed by atoms with Crippen molar-refractivity contribution < 1.29 is 18.8 Å². The Morgan fingerprint density at radius 2 is 1.85 bits per heavy atom. The number of carbonyl (C=O) groups is 2. The first-order valence-electron chi connectivity index (χ1n) is 14.2. The third-order valence-electron chi connectivity index (χ3n) is 7.66. The molecule has 0 radical (unpaired) electrons. The molecule has 2 aromatic carbocycles. The molecule has 2 aliphatic heterocycles. The number of ether oxygens (including phenoxy) is 1. The van der Waals surface area contributed by atoms with Crippen LogP contribution in [0.2, 0.25) is 0 Å². The van der Waals surface area contributed by atoms with Crippen molar-refractivity contribution in [3.8, 4) is 11.4 Å². The topological polar surface area (TPSA) is 110 Å². The molecule has 5 rings (SSSR count). The van der Waals surface area contributed by atoms with Gasteiger partial charge in [0.15, 0.2) is 0 Å². The van der Waals surface area contributed by atoms with Crippen LogP contribution in [-0.2, 0) is 21.5 Å². The van der Waals surface area contributed by atoms with Crippen LogP contribution in [0.25, 0.3) is 11.4 Å². The molecule has 2 atom stereocenters. The fraction of sp³-hybridized carbons (Fsp3) is 0.484. The molecule has 0 spiro atoms. The summed E-state index contributed by atoms with van der Waals surface area (Å²) in [5.41, 5.74) is 3.22. The quantitative estimate of drug-likeness (QED) is 0.419. The Morgan fingerprint density at radius 1 is 1.05 bits per heavy atom. The Balaban J connectivity index is 1.17. The van der Waals surface area contributed by atoms with E-state index in [0.29, 0.717) is 42.6 Å². The van der Waals surface area contributed by atoms with Crippen molar-refractivity contribution in [1.29, 1.82) is 0 Å². The monoisotopic (exact) mass is 545 g/mol. The van der Waals surface area contributed by atoms with Gasteiger partial charge in [0.1, 0.15) is 0 Å². The maximum Gasteiger partial charge on any atom is 0.253 e. The third kappa shape index (κ3) is 6.95. The molecule has 3 heterocycles. The number of likely N-dealkylation sites (tertiary alicyclic amines) is 1. The first-order valence-corrected chi connectivity index (χ1v) is 14.2. The Bertz CT molecular complexity index is 1310. The number of nitrogens with one attached hydrogen (secondary N) is 2. The molecule has 40 heavy (non-hydrogen) atoms. The van der Waals surface area contributed by atoms with Gasteiger partial charge in [0.25, 0.3) is 5.91 Å². The summed E-state index contributed by atoms with van der Waals surface area (Å²) in [5, 5.41) is 10.1. The number of piperidine rings is 1. The predicted molar refractivity (Wildman–Crippen MR) is 153 cm³/mol. The third-order valence-corrected chi connectivity index (χ3v) is 7.66. The van der Waals surface area contributed by atoms with Crippen LogP contribution < -0.4 is 10.6 Å². The first kappa shape index (κ1) is 28.0. The molecule has 0 saturated carbocycles. The molecule has 1 aromatic heterocycles. The second-order valence-electron chi connectivity index (χ2n) is 11.8. The van der Waals surface area contributed by atoms with E-state index in [-0.39, 0.29) is 29.3 Å². The van der Waals surface area contributed by atoms with Gasteiger partial charge >= 0.3 is 0 Å². The summed E-state index contributed by atoms with van der Waals surface area (Å²) in [6.07, 6.45) is 3.70. The molecule has 2 fully saturated rings. The van der Waals surface area contributed by atoms with Crippen LogP contribution in [0.4, 0.5) is 5.69 Å². The van der Waals surface area contributed by atoms with Gasteiger partial charge in [-0.15, -0.1) is 0 Å². The predicted octanol–water partition coefficient (Wildman–Crippen LogP) is 4.79. The first-order chi connectivity index (χ1) is 19.3. The van der Waals surface area contributed by atoms with Gasteiger partial charge in [-0.1, -0.05) is 62.3 Å². The maximum absolute atomic E-state index is 13.3. The molecule has 9 nitrogen and oxygen atoms in total. The van der Waals surface area contributed by atoms with Gasteiger partial charge in [0.05, 0.1) is 29.8 Å². The molecule has 9 heteroatoms. The van der Waals surface area contributed by atoms with E-state index in [1.54, 1.807) is 18.2 Å². The minimum atomic E-state index is -0.211. The summed E-state index contributed by atoms with van der Waals surface area (Å²) < 4.78 is 11.2. The SMILES string of the molecule is CC(C)(C)c1ccc(-c2noc(CN3CCCC(C(=O)Nc4ccccc4C(=O)NCC4CCCO4)C3)n2)cc1. The standard InChI is InChI=1S/C31H39N5O4/c1-31(2,3)23-14-12-21(13-15-23)28-34-27(40-35-28)20-36-16-6-8-22(19-36)29(37)33-26-11-5-4-10-25(26)30(38)32-18-24-9-7-17-39-24/h4-5,10-15,22,24H,6-9,16-20H2,1-3H3,(H,32,38)(H,33,37). The molecule has 2 unspecified atom stereocenters. The van der Waals surface area contributed by atoms with E-state index < -0.39 is 0 Å². The summed E-state index contributed by atoms with van der Waals surface area (Å²) in [7, 11) is 0. The minimum Gasteiger partial charge on any atom is -0.376 e. The maximum atomic E-state index is 13.3. The van der Waals surface area contributed by atoms with Crippen molar-refractivity contribution in [3.63, 3.8) is 0 Å². The summed E-state index contributed by atoms with van der Waals surface area (Å²) >= 11 is 0. The highest BCUT2D eigenvalue weighted by molar-refractivity contribution is 6.04. The number of anilines is 1. The van der Waals surface area contributed by atoms with E-state index in [1.807, 2.05) is 18.2 Å². The van der Waals surface area contributed by atoms with Crippen molar-refractivity contribution in [1.82, 2.24) is 20.4 Å². The van der Waals surface area contributed by atoms with Gasteiger partial charge in [-0.25, -0.2) is 0 Å². The average molecular weight is 546 g/mol. The summed E-state index contributed by atoms with van der Waals surface area (Å²) in [5.74, 6) is 0.593. The number of benzene rings is 2. The van der Waals surface area contributed by atoms with Gasteiger partial charge in [-0.05, 0) is 55.3 Å². The van der Waals surface area contributed by atoms with Crippen molar-refractivity contribution in [2.24, 2.45) is 5.92 Å². The van der Waals surface area contributed by atoms with Gasteiger partial charge < -0.3 is 19.9 Å². The Hall–Kier alpha value is -3.56. The van der Waals surface area contributed by atoms with E-state index in [4.69, 9.17) is 9.26 Å². The van der Waals surface area contributed by atoms with E-state index >= 15 is 0 Å². The number of nitrogens with zero attached hydrogens (tertiary/aromatic N) is 3. The number of para-hydroxylation sites is 1. The van der Waals surface area contributed by atoms with E-state index in [2.05, 4.69) is 58.6 Å². The van der Waals surface area contributed by atoms with Crippen LogP contribution in [0, 0.1) is 5.92 Å². The zero-order chi connectivity index (χ0) is 28.1. The lowest BCUT2D eigenvalue weighted by atomic mass is 9.87. The number of hydrogen-bond acceptors (Lipinski definition) is 7. The number of carbonyl (C=O) groups excluding carboxylic acids is 2. The number of aromatic nitrogens is 2. The Kier molecular flexibility index (Phi) is 8.61. The zero-order valence-electron chi connectivity index (χ0n) is 23.6. The molecule has 2 amide bonds. The Labute approximate surface area is 235 Å². The molecular formula is C31H39N5O4. The summed E-state index contributed by atoms with van der Waals surface area (Å²) in [4.78, 5) is 32.9. The van der Waals surface area contributed by atoms with Crippen LogP contribution >= 0.6 is 0 Å². The van der Waals surface area contributed by atoms with Crippen molar-refractivity contribution in [3.05, 3.63) is 65.5 Å². The van der Waals surface area contributed by atoms with Gasteiger partial charge in [-0.3, -0.25) is 14.5 Å². The van der Waals surface area contributed by atoms with Crippen LogP contribution in [0.5, 0.6) is 0 Å². The molecule has 0 aliphatic carbocycles. The number of amides is 2. The lowest BCUT2D eigenvalue weighted by Gasteiger charge is -2.31. The summed E-state index contributed by atoms with van der Waals surface area (Å²) in [6.45, 7) is 9.68. The highest BCUT2D eigenvalue weighted by Crippen LogP contribution is 2.26. The Morgan fingerprint density at radius 3 is 2.60 bits per heavy atom. The van der Waals surface area contributed by atoms with Crippen molar-refractivity contribution >= 4 is 17.5 Å². The van der Waals surface area contributed by atoms with Crippen molar-refractivity contribution in [2.75, 3.05) is 31.6 Å². The molecule has 0 bridgehead atoms. The lowest BCUT2D eigenvalue weighted by Crippen LogP contribution is -2.40. The number of rotatable bonds is 8. The second-order valence-corrected chi connectivity index (χ2v) is 11.8. The highest BCUT2D eigenvalue weighted by Gasteiger charge is 2.28. The zero-order valence-corrected chi connectivity index (χ0v) is 23.6. The lowest BCUT2D eigenvalue weighted by molar-refractivity contribution is -0.121. The largest absolute Gasteiger partial charge is 0.376 e. The van der Waals surface area contributed by atoms with Crippen molar-refractivity contribution in [2.45, 2.75) is 64.5 Å². The van der Waals surface area contributed by atoms with Gasteiger partial charge in [0.2, 0.25) is 17.6 Å². The molecule has 212 valence electrons. The fourth-order valence-corrected chi connectivity index (χ4v) is 5.29. The smallest absolute Gasteiger partial charge is 0.253 e. The molecule has 2 N–H and O–H groups in total. The van der Waals surface area contributed by atoms with Crippen LogP contribution in [0.15, 0.2) is 53.1 Å². The van der Waals surface area contributed by atoms with Crippen LogP contribution in [0.3, 0.4) is 0 Å². The van der Waals surface area contributed by atoms with Crippen LogP contribution in [0.1, 0.15) is 68.3 Å². The van der Waals surface area contributed by atoms with E-state index in [9.17, 15) is 9.59 Å².